The number of rotatable bonds is 5. The van der Waals surface area contributed by atoms with Crippen LogP contribution in [0.2, 0.25) is 5.02 Å². The number of hydrogen-bond acceptors (Lipinski definition) is 4. The summed E-state index contributed by atoms with van der Waals surface area (Å²) < 4.78 is 35.0. The summed E-state index contributed by atoms with van der Waals surface area (Å²) in [5.41, 5.74) is 2.05. The summed E-state index contributed by atoms with van der Waals surface area (Å²) in [5, 5.41) is 1.35. The number of sulfonamides is 1. The lowest BCUT2D eigenvalue weighted by Crippen LogP contribution is -2.52. The van der Waals surface area contributed by atoms with E-state index in [-0.39, 0.29) is 28.4 Å². The molecule has 9 heteroatoms. The highest BCUT2D eigenvalue weighted by atomic mass is 35.5. The van der Waals surface area contributed by atoms with Crippen LogP contribution in [-0.2, 0) is 19.6 Å². The number of carbonyl (C=O) groups excluding carboxylic acids is 1. The first kappa shape index (κ1) is 25.3. The Morgan fingerprint density at radius 2 is 1.83 bits per heavy atom. The van der Waals surface area contributed by atoms with Gasteiger partial charge in [-0.25, -0.2) is 13.1 Å². The zero-order chi connectivity index (χ0) is 25.5. The van der Waals surface area contributed by atoms with Crippen LogP contribution in [0.15, 0.2) is 53.4 Å². The highest BCUT2D eigenvalue weighted by molar-refractivity contribution is 7.89. The van der Waals surface area contributed by atoms with Gasteiger partial charge in [0, 0.05) is 36.0 Å². The van der Waals surface area contributed by atoms with Crippen molar-refractivity contribution in [1.82, 2.24) is 14.6 Å². The van der Waals surface area contributed by atoms with Gasteiger partial charge in [0.2, 0.25) is 15.9 Å². The van der Waals surface area contributed by atoms with E-state index in [9.17, 15) is 13.2 Å². The number of amides is 1. The Hall–Kier alpha value is -2.39. The van der Waals surface area contributed by atoms with Crippen LogP contribution in [0.5, 0.6) is 0 Å². The minimum atomic E-state index is -3.72. The second-order valence-corrected chi connectivity index (χ2v) is 12.5. The molecule has 2 aromatic carbocycles. The van der Waals surface area contributed by atoms with Gasteiger partial charge in [0.1, 0.15) is 0 Å². The third-order valence-corrected chi connectivity index (χ3v) is 9.13. The van der Waals surface area contributed by atoms with E-state index in [1.165, 1.54) is 0 Å². The number of benzene rings is 2. The molecule has 1 saturated carbocycles. The third kappa shape index (κ3) is 5.18. The first-order valence-corrected chi connectivity index (χ1v) is 14.3. The molecule has 1 aliphatic heterocycles. The van der Waals surface area contributed by atoms with E-state index in [1.807, 2.05) is 49.1 Å². The van der Waals surface area contributed by atoms with Gasteiger partial charge >= 0.3 is 0 Å². The maximum atomic E-state index is 13.2. The second-order valence-electron chi connectivity index (χ2n) is 10.4. The molecule has 0 spiro atoms. The third-order valence-electron chi connectivity index (χ3n) is 7.21. The summed E-state index contributed by atoms with van der Waals surface area (Å²) >= 11 is 6.59. The minimum absolute atomic E-state index is 0.0616. The Balaban J connectivity index is 1.25. The fraction of sp³-hybridized carbons (Fsp3) is 0.444. The van der Waals surface area contributed by atoms with Gasteiger partial charge in [-0.1, -0.05) is 41.9 Å². The Morgan fingerprint density at radius 1 is 1.11 bits per heavy atom. The Bertz CT molecular complexity index is 1360. The van der Waals surface area contributed by atoms with E-state index in [2.05, 4.69) is 9.71 Å². The van der Waals surface area contributed by atoms with Gasteiger partial charge < -0.3 is 14.6 Å². The molecule has 2 fully saturated rings. The Morgan fingerprint density at radius 3 is 2.53 bits per heavy atom. The summed E-state index contributed by atoms with van der Waals surface area (Å²) in [6, 6.07) is 14.5. The van der Waals surface area contributed by atoms with Crippen molar-refractivity contribution in [2.75, 3.05) is 19.7 Å². The van der Waals surface area contributed by atoms with Crippen molar-refractivity contribution < 1.29 is 17.9 Å². The zero-order valence-corrected chi connectivity index (χ0v) is 22.2. The highest BCUT2D eigenvalue weighted by Crippen LogP contribution is 2.35. The van der Waals surface area contributed by atoms with E-state index in [0.29, 0.717) is 55.9 Å². The normalized spacial score (nSPS) is 22.6. The lowest BCUT2D eigenvalue weighted by atomic mass is 9.85. The molecule has 192 valence electrons. The van der Waals surface area contributed by atoms with Crippen molar-refractivity contribution >= 4 is 38.4 Å². The molecule has 1 saturated heterocycles. The molecule has 2 aliphatic rings. The molecule has 36 heavy (non-hydrogen) atoms. The van der Waals surface area contributed by atoms with Crippen LogP contribution in [0, 0.1) is 5.92 Å². The predicted octanol–water partition coefficient (Wildman–Crippen LogP) is 4.96. The lowest BCUT2D eigenvalue weighted by molar-refractivity contribution is -0.151. The molecule has 0 unspecified atom stereocenters. The average molecular weight is 530 g/mol. The molecule has 0 bridgehead atoms. The fourth-order valence-electron chi connectivity index (χ4n) is 5.32. The molecule has 2 heterocycles. The molecule has 0 atom stereocenters. The Labute approximate surface area is 217 Å². The van der Waals surface area contributed by atoms with Gasteiger partial charge in [-0.05, 0) is 63.3 Å². The summed E-state index contributed by atoms with van der Waals surface area (Å²) in [4.78, 5) is 18.4. The number of carbonyl (C=O) groups is 1. The van der Waals surface area contributed by atoms with Crippen molar-refractivity contribution in [3.8, 4) is 11.3 Å². The van der Waals surface area contributed by atoms with Crippen LogP contribution >= 0.6 is 11.6 Å². The van der Waals surface area contributed by atoms with Crippen LogP contribution < -0.4 is 4.72 Å². The molecule has 3 aromatic rings. The number of ether oxygens (including phenoxy) is 1. The van der Waals surface area contributed by atoms with Crippen LogP contribution in [0.3, 0.4) is 0 Å². The summed E-state index contributed by atoms with van der Waals surface area (Å²) in [6.07, 6.45) is 2.63. The quantitative estimate of drug-likeness (QED) is 0.488. The number of H-pyrrole nitrogens is 1. The number of morpholine rings is 1. The molecule has 5 rings (SSSR count). The molecule has 0 radical (unpaired) electrons. The number of hydrogen-bond donors (Lipinski definition) is 2. The summed E-state index contributed by atoms with van der Waals surface area (Å²) in [5.74, 6) is 0.101. The number of halogens is 1. The monoisotopic (exact) mass is 529 g/mol. The van der Waals surface area contributed by atoms with Crippen molar-refractivity contribution in [1.29, 1.82) is 0 Å². The smallest absolute Gasteiger partial charge is 0.240 e. The number of aromatic nitrogens is 1. The first-order chi connectivity index (χ1) is 17.1. The van der Waals surface area contributed by atoms with Gasteiger partial charge in [-0.15, -0.1) is 0 Å². The van der Waals surface area contributed by atoms with E-state index in [0.717, 1.165) is 16.6 Å². The molecule has 1 aromatic heterocycles. The molecule has 1 aliphatic carbocycles. The second kappa shape index (κ2) is 9.82. The number of nitrogens with one attached hydrogen (secondary N) is 2. The van der Waals surface area contributed by atoms with E-state index in [4.69, 9.17) is 16.3 Å². The van der Waals surface area contributed by atoms with Crippen molar-refractivity contribution in [3.63, 3.8) is 0 Å². The maximum Gasteiger partial charge on any atom is 0.240 e. The predicted molar refractivity (Wildman–Crippen MR) is 141 cm³/mol. The average Bonchev–Trinajstić information content (AvgIpc) is 3.19. The van der Waals surface area contributed by atoms with Crippen LogP contribution in [0.1, 0.15) is 39.5 Å². The standard InChI is InChI=1S/C27H32ClN3O4S/c1-27(2)17-31(14-15-35-27)26(32)19-8-10-20(11-9-19)30-36(33,34)21-12-13-22-23(16-21)29-25(24(22)28)18-6-4-3-5-7-18/h3-7,12-13,16,19-20,29-30H,8-11,14-15,17H2,1-2H3/t19-,20-. The van der Waals surface area contributed by atoms with E-state index in [1.54, 1.807) is 18.2 Å². The van der Waals surface area contributed by atoms with Gasteiger partial charge in [0.15, 0.2) is 0 Å². The van der Waals surface area contributed by atoms with Crippen LogP contribution in [0.25, 0.3) is 22.2 Å². The van der Waals surface area contributed by atoms with Gasteiger partial charge in [-0.2, -0.15) is 0 Å². The summed E-state index contributed by atoms with van der Waals surface area (Å²) in [6.45, 7) is 5.76. The lowest BCUT2D eigenvalue weighted by Gasteiger charge is -2.40. The molecule has 7 nitrogen and oxygen atoms in total. The van der Waals surface area contributed by atoms with Gasteiger partial charge in [-0.3, -0.25) is 4.79 Å². The van der Waals surface area contributed by atoms with Gasteiger partial charge in [0.05, 0.1) is 27.8 Å². The van der Waals surface area contributed by atoms with E-state index >= 15 is 0 Å². The number of fused-ring (bicyclic) bond motifs is 1. The van der Waals surface area contributed by atoms with Crippen LogP contribution in [-0.4, -0.2) is 55.5 Å². The maximum absolute atomic E-state index is 13.2. The van der Waals surface area contributed by atoms with Crippen LogP contribution in [0.4, 0.5) is 0 Å². The highest BCUT2D eigenvalue weighted by Gasteiger charge is 2.35. The topological polar surface area (TPSA) is 91.5 Å². The fourth-order valence-corrected chi connectivity index (χ4v) is 6.97. The molecule has 1 amide bonds. The van der Waals surface area contributed by atoms with Crippen molar-refractivity contribution in [3.05, 3.63) is 53.6 Å². The van der Waals surface area contributed by atoms with E-state index < -0.39 is 10.0 Å². The molecular weight excluding hydrogens is 498 g/mol. The largest absolute Gasteiger partial charge is 0.372 e. The first-order valence-electron chi connectivity index (χ1n) is 12.4. The SMILES string of the molecule is CC1(C)CN(C(=O)[C@H]2CC[C@H](NS(=O)(=O)c3ccc4c(Cl)c(-c5ccccc5)[nH]c4c3)CC2)CCO1. The molecular formula is C27H32ClN3O4S. The van der Waals surface area contributed by atoms with Crippen molar-refractivity contribution in [2.45, 2.75) is 56.1 Å². The Kier molecular flexibility index (Phi) is 6.89. The number of nitrogens with zero attached hydrogens (tertiary/aromatic N) is 1. The number of aromatic amines is 1. The van der Waals surface area contributed by atoms with Crippen molar-refractivity contribution in [2.24, 2.45) is 5.92 Å². The zero-order valence-electron chi connectivity index (χ0n) is 20.6. The summed E-state index contributed by atoms with van der Waals surface area (Å²) in [7, 11) is -3.72. The molecule has 2 N–H and O–H groups in total. The van der Waals surface area contributed by atoms with Gasteiger partial charge in [0.25, 0.3) is 0 Å². The minimum Gasteiger partial charge on any atom is -0.372 e.